The Bertz CT molecular complexity index is 1240. The van der Waals surface area contributed by atoms with Crippen LogP contribution in [-0.4, -0.2) is 41.7 Å². The second-order valence-corrected chi connectivity index (χ2v) is 7.48. The summed E-state index contributed by atoms with van der Waals surface area (Å²) in [5, 5.41) is 37.8. The van der Waals surface area contributed by atoms with E-state index in [9.17, 15) is 10.2 Å². The van der Waals surface area contributed by atoms with E-state index in [0.29, 0.717) is 28.3 Å². The van der Waals surface area contributed by atoms with Gasteiger partial charge in [0.05, 0.1) is 18.5 Å². The molecule has 3 rings (SSSR count). The van der Waals surface area contributed by atoms with Crippen LogP contribution in [0.1, 0.15) is 36.1 Å². The molecular weight excluding hydrogens is 523 g/mol. The van der Waals surface area contributed by atoms with Crippen LogP contribution >= 0.6 is 0 Å². The number of phenols is 2. The number of aromatic hydroxyl groups is 2. The van der Waals surface area contributed by atoms with Crippen LogP contribution < -0.4 is 14.9 Å². The van der Waals surface area contributed by atoms with Gasteiger partial charge in [0.2, 0.25) is 0 Å². The number of aliphatic imine (C=N–C) groups is 2. The number of aryl methyl sites for hydroxylation is 2. The monoisotopic (exact) mass is 551 g/mol. The maximum absolute atomic E-state index is 10.0. The van der Waals surface area contributed by atoms with Crippen LogP contribution in [0.5, 0.6) is 17.2 Å². The van der Waals surface area contributed by atoms with Crippen molar-refractivity contribution >= 4 is 35.7 Å². The van der Waals surface area contributed by atoms with E-state index in [1.807, 2.05) is 38.1 Å². The molecule has 37 heavy (non-hydrogen) atoms. The fourth-order valence-corrected chi connectivity index (χ4v) is 2.68. The van der Waals surface area contributed by atoms with Gasteiger partial charge >= 0.3 is 16.8 Å². The molecule has 0 bridgehead atoms. The van der Waals surface area contributed by atoms with E-state index in [1.165, 1.54) is 0 Å². The summed E-state index contributed by atoms with van der Waals surface area (Å²) >= 11 is 0. The van der Waals surface area contributed by atoms with Gasteiger partial charge in [-0.1, -0.05) is 23.3 Å². The van der Waals surface area contributed by atoms with Gasteiger partial charge in [-0.05, 0) is 64.1 Å². The number of phenolic OH excluding ortho intramolecular Hbond substituents is 2. The number of carboxylic acids is 2. The number of carbonyl (C=O) groups is 2. The van der Waals surface area contributed by atoms with Crippen LogP contribution in [0.25, 0.3) is 0 Å². The average Bonchev–Trinajstić information content (AvgIpc) is 2.79. The zero-order valence-electron chi connectivity index (χ0n) is 21.0. The Balaban J connectivity index is 0.00000127. The maximum atomic E-state index is 10.0. The molecule has 0 fully saturated rings. The topological polar surface area (TPSA) is 155 Å². The number of carbonyl (C=O) groups excluding carboxylic acids is 2. The van der Waals surface area contributed by atoms with Crippen molar-refractivity contribution in [3.05, 3.63) is 76.9 Å². The molecule has 197 valence electrons. The molecule has 0 saturated heterocycles. The van der Waals surface area contributed by atoms with Crippen molar-refractivity contribution in [3.8, 4) is 17.2 Å². The number of ether oxygens (including phenoxy) is 1. The summed E-state index contributed by atoms with van der Waals surface area (Å²) in [5.74, 6) is -1.19. The van der Waals surface area contributed by atoms with Gasteiger partial charge in [0.25, 0.3) is 0 Å². The van der Waals surface area contributed by atoms with Gasteiger partial charge in [0.1, 0.15) is 17.2 Å². The Kier molecular flexibility index (Phi) is 14.7. The molecule has 0 aliphatic heterocycles. The van der Waals surface area contributed by atoms with Gasteiger partial charge < -0.3 is 34.8 Å². The first-order valence-electron chi connectivity index (χ1n) is 10.6. The van der Waals surface area contributed by atoms with Crippen molar-refractivity contribution in [2.75, 3.05) is 7.11 Å². The van der Waals surface area contributed by atoms with Crippen molar-refractivity contribution < 1.29 is 51.5 Å². The zero-order valence-corrected chi connectivity index (χ0v) is 22.1. The van der Waals surface area contributed by atoms with Crippen LogP contribution in [0.2, 0.25) is 0 Å². The fourth-order valence-electron chi connectivity index (χ4n) is 2.68. The van der Waals surface area contributed by atoms with E-state index in [-0.39, 0.29) is 28.3 Å². The Morgan fingerprint density at radius 2 is 1.16 bits per heavy atom. The van der Waals surface area contributed by atoms with E-state index >= 15 is 0 Å². The smallest absolute Gasteiger partial charge is 0.550 e. The summed E-state index contributed by atoms with van der Waals surface area (Å²) in [6, 6.07) is 16.0. The van der Waals surface area contributed by atoms with E-state index in [4.69, 9.17) is 24.5 Å². The molecule has 10 heteroatoms. The quantitative estimate of drug-likeness (QED) is 0.462. The minimum atomic E-state index is -1.08. The normalized spacial score (nSPS) is 9.97. The van der Waals surface area contributed by atoms with Gasteiger partial charge in [0, 0.05) is 41.6 Å². The van der Waals surface area contributed by atoms with Crippen LogP contribution in [0, 0.1) is 13.8 Å². The first-order valence-corrected chi connectivity index (χ1v) is 10.6. The predicted octanol–water partition coefficient (Wildman–Crippen LogP) is 2.73. The Morgan fingerprint density at radius 1 is 0.757 bits per heavy atom. The van der Waals surface area contributed by atoms with Crippen molar-refractivity contribution in [2.45, 2.75) is 27.7 Å². The molecule has 0 aliphatic rings. The number of hydrogen-bond acceptors (Lipinski definition) is 9. The summed E-state index contributed by atoms with van der Waals surface area (Å²) < 4.78 is 5.29. The Hall–Kier alpha value is -4.15. The largest absolute Gasteiger partial charge is 2.00 e. The van der Waals surface area contributed by atoms with E-state index < -0.39 is 11.9 Å². The van der Waals surface area contributed by atoms with Gasteiger partial charge in [0.15, 0.2) is 0 Å². The molecule has 3 aromatic carbocycles. The van der Waals surface area contributed by atoms with Gasteiger partial charge in [-0.2, -0.15) is 0 Å². The van der Waals surface area contributed by atoms with Crippen LogP contribution in [-0.2, 0) is 26.4 Å². The van der Waals surface area contributed by atoms with E-state index in [0.717, 1.165) is 25.0 Å². The van der Waals surface area contributed by atoms with Gasteiger partial charge in [-0.3, -0.25) is 9.98 Å². The fraction of sp³-hybridized carbons (Fsp3) is 0.185. The zero-order chi connectivity index (χ0) is 27.3. The summed E-state index contributed by atoms with van der Waals surface area (Å²) in [7, 11) is 1.59. The summed E-state index contributed by atoms with van der Waals surface area (Å²) in [6.45, 7) is 5.85. The summed E-state index contributed by atoms with van der Waals surface area (Å²) in [5.41, 5.74) is 4.50. The minimum absolute atomic E-state index is 0. The number of methoxy groups -OCH3 is 1. The summed E-state index contributed by atoms with van der Waals surface area (Å²) in [6.07, 6.45) is 3.20. The number of benzene rings is 3. The van der Waals surface area contributed by atoms with Crippen LogP contribution in [0.4, 0.5) is 11.4 Å². The molecule has 2 N–H and O–H groups in total. The molecule has 0 spiro atoms. The molecule has 0 amide bonds. The molecular formula is C27H28CoN2O7. The van der Waals surface area contributed by atoms with Crippen molar-refractivity contribution in [1.29, 1.82) is 0 Å². The number of hydrogen-bond donors (Lipinski definition) is 2. The maximum Gasteiger partial charge on any atom is 2.00 e. The van der Waals surface area contributed by atoms with Crippen molar-refractivity contribution in [1.82, 2.24) is 0 Å². The molecule has 0 saturated carbocycles. The van der Waals surface area contributed by atoms with Crippen LogP contribution in [0.3, 0.4) is 0 Å². The first kappa shape index (κ1) is 32.8. The third kappa shape index (κ3) is 12.9. The molecule has 9 nitrogen and oxygen atoms in total. The Morgan fingerprint density at radius 3 is 1.57 bits per heavy atom. The Labute approximate surface area is 226 Å². The molecule has 0 aromatic heterocycles. The minimum Gasteiger partial charge on any atom is -0.550 e. The summed E-state index contributed by atoms with van der Waals surface area (Å²) in [4.78, 5) is 26.8. The third-order valence-electron chi connectivity index (χ3n) is 4.23. The van der Waals surface area contributed by atoms with Crippen LogP contribution in [0.15, 0.2) is 64.6 Å². The molecule has 0 heterocycles. The van der Waals surface area contributed by atoms with E-state index in [1.54, 1.807) is 49.9 Å². The van der Waals surface area contributed by atoms with Gasteiger partial charge in [-0.25, -0.2) is 0 Å². The number of carboxylic acid groups (broad SMARTS) is 2. The number of aliphatic carboxylic acids is 2. The molecule has 0 aliphatic carbocycles. The molecule has 3 aromatic rings. The molecule has 0 unspecified atom stereocenters. The molecule has 1 radical (unpaired) electrons. The second kappa shape index (κ2) is 16.5. The van der Waals surface area contributed by atoms with Crippen molar-refractivity contribution in [3.63, 3.8) is 0 Å². The van der Waals surface area contributed by atoms with Gasteiger partial charge in [-0.15, -0.1) is 0 Å². The molecule has 0 atom stereocenters. The first-order chi connectivity index (χ1) is 16.9. The second-order valence-electron chi connectivity index (χ2n) is 7.48. The third-order valence-corrected chi connectivity index (χ3v) is 4.23. The predicted molar refractivity (Wildman–Crippen MR) is 135 cm³/mol. The SMILES string of the molecule is CC(=O)[O-].CC(=O)[O-].COc1ccc(N=Cc2cc(C)ccc2O)c(N=Cc2cc(C)ccc2O)c1.[Co+2]. The standard InChI is InChI=1S/C23H22N2O3.2C2H4O2.Co/c1-15-4-8-22(26)17(10-15)13-24-20-7-6-19(28-3)12-21(20)25-14-18-11-16(2)5-9-23(18)27;2*1-2(3)4;/h4-14,26-27H,1-3H3;2*1H3,(H,3,4);/q;;;+2/p-2. The average molecular weight is 551 g/mol. The number of nitrogens with zero attached hydrogens (tertiary/aromatic N) is 2. The van der Waals surface area contributed by atoms with E-state index in [2.05, 4.69) is 9.98 Å². The number of rotatable bonds is 5. The van der Waals surface area contributed by atoms with Crippen molar-refractivity contribution in [2.24, 2.45) is 9.98 Å².